The van der Waals surface area contributed by atoms with Crippen molar-refractivity contribution in [1.82, 2.24) is 19.7 Å². The highest BCUT2D eigenvalue weighted by atomic mass is 15.3. The Morgan fingerprint density at radius 1 is 1.04 bits per heavy atom. The summed E-state index contributed by atoms with van der Waals surface area (Å²) in [6.07, 6.45) is 6.21. The molecule has 0 N–H and O–H groups in total. The smallest absolute Gasteiger partial charge is 0.119 e. The second-order valence-electron chi connectivity index (χ2n) is 7.14. The molecule has 4 heteroatoms. The first-order valence-corrected chi connectivity index (χ1v) is 9.75. The molecule has 1 aliphatic rings. The van der Waals surface area contributed by atoms with Gasteiger partial charge < -0.3 is 0 Å². The maximum Gasteiger partial charge on any atom is 0.119 e. The van der Waals surface area contributed by atoms with Gasteiger partial charge in [-0.3, -0.25) is 14.6 Å². The summed E-state index contributed by atoms with van der Waals surface area (Å²) in [7, 11) is 0. The molecule has 3 aromatic heterocycles. The van der Waals surface area contributed by atoms with Gasteiger partial charge in [0.05, 0.1) is 11.2 Å². The van der Waals surface area contributed by atoms with Crippen LogP contribution in [0.4, 0.5) is 0 Å². The number of nitrogens with zero attached hydrogens (tertiary/aromatic N) is 4. The maximum atomic E-state index is 4.98. The SMILES string of the molecule is CCCc1cccc(-c2nn3c(c2-c2ccnc4ccccc24)CCC3)n1. The van der Waals surface area contributed by atoms with Gasteiger partial charge in [-0.2, -0.15) is 5.10 Å². The van der Waals surface area contributed by atoms with Crippen LogP contribution in [0.3, 0.4) is 0 Å². The molecule has 134 valence electrons. The van der Waals surface area contributed by atoms with E-state index in [-0.39, 0.29) is 0 Å². The minimum absolute atomic E-state index is 0.971. The molecule has 27 heavy (non-hydrogen) atoms. The molecule has 0 radical (unpaired) electrons. The third-order valence-electron chi connectivity index (χ3n) is 5.32. The third kappa shape index (κ3) is 2.72. The molecule has 0 saturated carbocycles. The molecule has 0 fully saturated rings. The lowest BCUT2D eigenvalue weighted by molar-refractivity contribution is 0.658. The van der Waals surface area contributed by atoms with E-state index < -0.39 is 0 Å². The lowest BCUT2D eigenvalue weighted by Crippen LogP contribution is -1.96. The van der Waals surface area contributed by atoms with Gasteiger partial charge in [-0.1, -0.05) is 37.6 Å². The first-order valence-electron chi connectivity index (χ1n) is 9.75. The largest absolute Gasteiger partial charge is 0.268 e. The Labute approximate surface area is 158 Å². The Balaban J connectivity index is 1.76. The molecule has 0 amide bonds. The van der Waals surface area contributed by atoms with Crippen molar-refractivity contribution in [1.29, 1.82) is 0 Å². The van der Waals surface area contributed by atoms with Gasteiger partial charge in [0.2, 0.25) is 0 Å². The summed E-state index contributed by atoms with van der Waals surface area (Å²) in [5.74, 6) is 0. The standard InChI is InChI=1S/C23H22N4/c1-2-7-16-8-5-11-20(25-16)23-22(21-12-6-15-27(21)26-23)18-13-14-24-19-10-4-3-9-17(18)19/h3-5,8-11,13-14H,2,6-7,12,15H2,1H3. The lowest BCUT2D eigenvalue weighted by Gasteiger charge is -2.09. The minimum atomic E-state index is 0.971. The van der Waals surface area contributed by atoms with Crippen molar-refractivity contribution < 1.29 is 0 Å². The van der Waals surface area contributed by atoms with Crippen LogP contribution in [0.25, 0.3) is 33.4 Å². The number of hydrogen-bond acceptors (Lipinski definition) is 3. The highest BCUT2D eigenvalue weighted by Crippen LogP contribution is 2.39. The fraction of sp³-hybridized carbons (Fsp3) is 0.261. The second kappa shape index (κ2) is 6.62. The summed E-state index contributed by atoms with van der Waals surface area (Å²) < 4.78 is 2.17. The fourth-order valence-electron chi connectivity index (χ4n) is 4.12. The van der Waals surface area contributed by atoms with Crippen LogP contribution in [0.15, 0.2) is 54.7 Å². The summed E-state index contributed by atoms with van der Waals surface area (Å²) in [5, 5.41) is 6.15. The molecule has 5 rings (SSSR count). The number of aryl methyl sites for hydroxylation is 2. The molecular formula is C23H22N4. The van der Waals surface area contributed by atoms with Crippen molar-refractivity contribution in [2.45, 2.75) is 39.2 Å². The average Bonchev–Trinajstić information content (AvgIpc) is 3.29. The van der Waals surface area contributed by atoms with Gasteiger partial charge in [-0.05, 0) is 49.1 Å². The Bertz CT molecular complexity index is 1120. The summed E-state index contributed by atoms with van der Waals surface area (Å²) >= 11 is 0. The van der Waals surface area contributed by atoms with E-state index in [0.29, 0.717) is 0 Å². The molecule has 4 nitrogen and oxygen atoms in total. The van der Waals surface area contributed by atoms with Crippen LogP contribution in [0.5, 0.6) is 0 Å². The van der Waals surface area contributed by atoms with E-state index in [0.717, 1.165) is 54.8 Å². The molecule has 4 aromatic rings. The zero-order valence-corrected chi connectivity index (χ0v) is 15.5. The van der Waals surface area contributed by atoms with E-state index >= 15 is 0 Å². The number of para-hydroxylation sites is 1. The highest BCUT2D eigenvalue weighted by Gasteiger charge is 2.25. The quantitative estimate of drug-likeness (QED) is 0.514. The predicted octanol–water partition coefficient (Wildman–Crippen LogP) is 5.06. The first-order chi connectivity index (χ1) is 13.3. The van der Waals surface area contributed by atoms with Crippen molar-refractivity contribution in [3.05, 3.63) is 66.1 Å². The molecule has 4 heterocycles. The Kier molecular flexibility index (Phi) is 3.97. The molecule has 1 aliphatic heterocycles. The maximum absolute atomic E-state index is 4.98. The predicted molar refractivity (Wildman–Crippen MR) is 109 cm³/mol. The number of rotatable bonds is 4. The molecule has 0 bridgehead atoms. The van der Waals surface area contributed by atoms with Gasteiger partial charge in [0.15, 0.2) is 0 Å². The van der Waals surface area contributed by atoms with E-state index in [2.05, 4.69) is 59.1 Å². The molecule has 0 unspecified atom stereocenters. The lowest BCUT2D eigenvalue weighted by atomic mass is 9.96. The Morgan fingerprint density at radius 3 is 2.89 bits per heavy atom. The van der Waals surface area contributed by atoms with Crippen LogP contribution in [0.1, 0.15) is 31.2 Å². The van der Waals surface area contributed by atoms with Gasteiger partial charge >= 0.3 is 0 Å². The van der Waals surface area contributed by atoms with Gasteiger partial charge in [0.25, 0.3) is 0 Å². The molecule has 0 aliphatic carbocycles. The number of benzene rings is 1. The Hall–Kier alpha value is -3.01. The number of pyridine rings is 2. The summed E-state index contributed by atoms with van der Waals surface area (Å²) in [6, 6.07) is 16.8. The Morgan fingerprint density at radius 2 is 1.96 bits per heavy atom. The van der Waals surface area contributed by atoms with Crippen LogP contribution >= 0.6 is 0 Å². The average molecular weight is 354 g/mol. The molecule has 0 spiro atoms. The van der Waals surface area contributed by atoms with Crippen molar-refractivity contribution in [2.24, 2.45) is 0 Å². The van der Waals surface area contributed by atoms with E-state index in [9.17, 15) is 0 Å². The topological polar surface area (TPSA) is 43.6 Å². The van der Waals surface area contributed by atoms with E-state index in [1.54, 1.807) is 0 Å². The minimum Gasteiger partial charge on any atom is -0.268 e. The number of fused-ring (bicyclic) bond motifs is 2. The summed E-state index contributed by atoms with van der Waals surface area (Å²) in [5.41, 5.74) is 7.88. The van der Waals surface area contributed by atoms with E-state index in [1.807, 2.05) is 12.3 Å². The van der Waals surface area contributed by atoms with Crippen LogP contribution < -0.4 is 0 Å². The van der Waals surface area contributed by atoms with E-state index in [4.69, 9.17) is 10.1 Å². The third-order valence-corrected chi connectivity index (χ3v) is 5.32. The zero-order valence-electron chi connectivity index (χ0n) is 15.5. The van der Waals surface area contributed by atoms with Gasteiger partial charge in [-0.15, -0.1) is 0 Å². The van der Waals surface area contributed by atoms with Gasteiger partial charge in [0.1, 0.15) is 5.69 Å². The van der Waals surface area contributed by atoms with Gasteiger partial charge in [-0.25, -0.2) is 0 Å². The number of hydrogen-bond donors (Lipinski definition) is 0. The summed E-state index contributed by atoms with van der Waals surface area (Å²) in [6.45, 7) is 3.17. The highest BCUT2D eigenvalue weighted by molar-refractivity contribution is 5.98. The van der Waals surface area contributed by atoms with Crippen LogP contribution in [0, 0.1) is 0 Å². The first kappa shape index (κ1) is 16.2. The van der Waals surface area contributed by atoms with Crippen molar-refractivity contribution in [3.8, 4) is 22.5 Å². The van der Waals surface area contributed by atoms with E-state index in [1.165, 1.54) is 22.2 Å². The monoisotopic (exact) mass is 354 g/mol. The van der Waals surface area contributed by atoms with Crippen molar-refractivity contribution >= 4 is 10.9 Å². The zero-order chi connectivity index (χ0) is 18.2. The van der Waals surface area contributed by atoms with Crippen molar-refractivity contribution in [3.63, 3.8) is 0 Å². The summed E-state index contributed by atoms with van der Waals surface area (Å²) in [4.78, 5) is 9.46. The van der Waals surface area contributed by atoms with Crippen LogP contribution in [0.2, 0.25) is 0 Å². The number of aromatic nitrogens is 4. The normalized spacial score (nSPS) is 13.2. The van der Waals surface area contributed by atoms with Crippen LogP contribution in [-0.4, -0.2) is 19.7 Å². The molecule has 1 aromatic carbocycles. The van der Waals surface area contributed by atoms with Crippen LogP contribution in [-0.2, 0) is 19.4 Å². The molecule has 0 atom stereocenters. The molecular weight excluding hydrogens is 332 g/mol. The molecule has 0 saturated heterocycles. The van der Waals surface area contributed by atoms with Crippen molar-refractivity contribution in [2.75, 3.05) is 0 Å². The second-order valence-corrected chi connectivity index (χ2v) is 7.14. The fourth-order valence-corrected chi connectivity index (χ4v) is 4.12. The van der Waals surface area contributed by atoms with Gasteiger partial charge in [0, 0.05) is 35.1 Å².